The highest BCUT2D eigenvalue weighted by Gasteiger charge is 2.24. The molecule has 0 aromatic heterocycles. The molecule has 0 saturated heterocycles. The summed E-state index contributed by atoms with van der Waals surface area (Å²) in [4.78, 5) is 18.9. The Bertz CT molecular complexity index is 760. The van der Waals surface area contributed by atoms with E-state index in [0.717, 1.165) is 32.8 Å². The van der Waals surface area contributed by atoms with Gasteiger partial charge in [0, 0.05) is 17.3 Å². The molecule has 0 unspecified atom stereocenters. The Hall–Kier alpha value is -1.98. The van der Waals surface area contributed by atoms with Crippen molar-refractivity contribution in [2.75, 3.05) is 20.2 Å². The van der Waals surface area contributed by atoms with Gasteiger partial charge in [-0.1, -0.05) is 47.6 Å². The summed E-state index contributed by atoms with van der Waals surface area (Å²) in [5, 5.41) is 1.52. The van der Waals surface area contributed by atoms with Crippen LogP contribution in [0.25, 0.3) is 0 Å². The number of carbonyl (C=O) groups is 1. The number of rotatable bonds is 5. The third-order valence-corrected chi connectivity index (χ3v) is 5.24. The van der Waals surface area contributed by atoms with E-state index >= 15 is 0 Å². The van der Waals surface area contributed by atoms with Crippen molar-refractivity contribution in [3.63, 3.8) is 0 Å². The number of carbonyl (C=O) groups excluding carboxylic acids is 1. The van der Waals surface area contributed by atoms with Crippen molar-refractivity contribution in [2.45, 2.75) is 12.2 Å². The molecule has 6 heteroatoms. The maximum atomic E-state index is 12.6. The first-order valence-corrected chi connectivity index (χ1v) is 9.37. The largest absolute Gasteiger partial charge is 0.497 e. The fraction of sp³-hybridized carbons (Fsp3) is 0.263. The molecule has 2 aromatic carbocycles. The Morgan fingerprint density at radius 2 is 1.84 bits per heavy atom. The Labute approximate surface area is 156 Å². The van der Waals surface area contributed by atoms with Crippen LogP contribution in [0.15, 0.2) is 53.5 Å². The lowest BCUT2D eigenvalue weighted by Gasteiger charge is -2.18. The number of hydrogen-bond acceptors (Lipinski definition) is 4. The van der Waals surface area contributed by atoms with E-state index in [9.17, 15) is 4.79 Å². The summed E-state index contributed by atoms with van der Waals surface area (Å²) in [6, 6.07) is 15.3. The number of thioether (sulfide) groups is 1. The fourth-order valence-electron chi connectivity index (χ4n) is 2.52. The second kappa shape index (κ2) is 8.41. The standard InChI is InChI=1S/C19H19ClN2O2S/c1-24-17-8-4-14(5-9-17)12-18(23)22-11-10-21-19(22)25-13-15-2-6-16(20)7-3-15/h2-9H,10-13H2,1H3. The maximum Gasteiger partial charge on any atom is 0.233 e. The summed E-state index contributed by atoms with van der Waals surface area (Å²) in [6.07, 6.45) is 0.366. The van der Waals surface area contributed by atoms with Gasteiger partial charge >= 0.3 is 0 Å². The van der Waals surface area contributed by atoms with E-state index in [1.807, 2.05) is 48.5 Å². The van der Waals surface area contributed by atoms with Crippen LogP contribution in [0.5, 0.6) is 5.75 Å². The van der Waals surface area contributed by atoms with Gasteiger partial charge in [0.1, 0.15) is 5.75 Å². The molecule has 0 N–H and O–H groups in total. The van der Waals surface area contributed by atoms with Crippen LogP contribution >= 0.6 is 23.4 Å². The van der Waals surface area contributed by atoms with Crippen molar-refractivity contribution in [2.24, 2.45) is 4.99 Å². The Morgan fingerprint density at radius 1 is 1.16 bits per heavy atom. The van der Waals surface area contributed by atoms with E-state index in [4.69, 9.17) is 16.3 Å². The van der Waals surface area contributed by atoms with E-state index in [2.05, 4.69) is 4.99 Å². The summed E-state index contributed by atoms with van der Waals surface area (Å²) in [7, 11) is 1.63. The Kier molecular flexibility index (Phi) is 6.00. The molecule has 0 spiro atoms. The highest BCUT2D eigenvalue weighted by molar-refractivity contribution is 8.13. The van der Waals surface area contributed by atoms with Crippen molar-refractivity contribution in [1.82, 2.24) is 4.90 Å². The summed E-state index contributed by atoms with van der Waals surface area (Å²) in [6.45, 7) is 1.31. The average molecular weight is 375 g/mol. The smallest absolute Gasteiger partial charge is 0.233 e. The maximum absolute atomic E-state index is 12.6. The lowest BCUT2D eigenvalue weighted by molar-refractivity contribution is -0.126. The Balaban J connectivity index is 1.58. The predicted molar refractivity (Wildman–Crippen MR) is 103 cm³/mol. The molecule has 130 valence electrons. The van der Waals surface area contributed by atoms with Crippen LogP contribution in [0.4, 0.5) is 0 Å². The zero-order valence-corrected chi connectivity index (χ0v) is 15.5. The van der Waals surface area contributed by atoms with Gasteiger partial charge in [-0.05, 0) is 35.4 Å². The first kappa shape index (κ1) is 17.8. The van der Waals surface area contributed by atoms with E-state index in [-0.39, 0.29) is 5.91 Å². The molecule has 25 heavy (non-hydrogen) atoms. The number of amides is 1. The minimum Gasteiger partial charge on any atom is -0.497 e. The molecule has 1 aliphatic rings. The number of methoxy groups -OCH3 is 1. The van der Waals surface area contributed by atoms with Crippen LogP contribution in [0, 0.1) is 0 Å². The number of halogens is 1. The van der Waals surface area contributed by atoms with E-state index in [1.54, 1.807) is 23.8 Å². The van der Waals surface area contributed by atoms with Crippen LogP contribution in [-0.4, -0.2) is 36.2 Å². The second-order valence-corrected chi connectivity index (χ2v) is 7.03. The minimum atomic E-state index is 0.0741. The van der Waals surface area contributed by atoms with E-state index in [1.165, 1.54) is 0 Å². The summed E-state index contributed by atoms with van der Waals surface area (Å²) < 4.78 is 5.15. The molecule has 0 radical (unpaired) electrons. The number of nitrogens with zero attached hydrogens (tertiary/aromatic N) is 2. The van der Waals surface area contributed by atoms with Crippen LogP contribution in [-0.2, 0) is 17.0 Å². The molecule has 0 saturated carbocycles. The van der Waals surface area contributed by atoms with Crippen molar-refractivity contribution in [3.05, 3.63) is 64.7 Å². The lowest BCUT2D eigenvalue weighted by atomic mass is 10.1. The SMILES string of the molecule is COc1ccc(CC(=O)N2CCN=C2SCc2ccc(Cl)cc2)cc1. The van der Waals surface area contributed by atoms with Gasteiger partial charge in [0.25, 0.3) is 0 Å². The van der Waals surface area contributed by atoms with Crippen LogP contribution in [0.1, 0.15) is 11.1 Å². The highest BCUT2D eigenvalue weighted by Crippen LogP contribution is 2.22. The quantitative estimate of drug-likeness (QED) is 0.793. The van der Waals surface area contributed by atoms with Crippen molar-refractivity contribution < 1.29 is 9.53 Å². The van der Waals surface area contributed by atoms with Gasteiger partial charge in [-0.15, -0.1) is 0 Å². The average Bonchev–Trinajstić information content (AvgIpc) is 3.10. The van der Waals surface area contributed by atoms with Crippen LogP contribution < -0.4 is 4.74 Å². The summed E-state index contributed by atoms with van der Waals surface area (Å²) in [5.74, 6) is 1.63. The minimum absolute atomic E-state index is 0.0741. The predicted octanol–water partition coefficient (Wildman–Crippen LogP) is 4.02. The van der Waals surface area contributed by atoms with Gasteiger partial charge in [-0.3, -0.25) is 14.7 Å². The molecule has 1 aliphatic heterocycles. The molecular formula is C19H19ClN2O2S. The number of amidine groups is 1. The molecule has 4 nitrogen and oxygen atoms in total. The van der Waals surface area contributed by atoms with E-state index < -0.39 is 0 Å². The number of ether oxygens (including phenoxy) is 1. The molecule has 0 fully saturated rings. The normalized spacial score (nSPS) is 13.7. The summed E-state index contributed by atoms with van der Waals surface area (Å²) >= 11 is 7.50. The van der Waals surface area contributed by atoms with Crippen molar-refractivity contribution in [3.8, 4) is 5.75 Å². The van der Waals surface area contributed by atoms with Crippen LogP contribution in [0.3, 0.4) is 0 Å². The zero-order valence-electron chi connectivity index (χ0n) is 13.9. The molecular weight excluding hydrogens is 356 g/mol. The van der Waals surface area contributed by atoms with Gasteiger partial charge in [0.15, 0.2) is 5.17 Å². The number of benzene rings is 2. The van der Waals surface area contributed by atoms with Crippen molar-refractivity contribution >= 4 is 34.4 Å². The first-order valence-electron chi connectivity index (χ1n) is 8.00. The zero-order chi connectivity index (χ0) is 17.6. The van der Waals surface area contributed by atoms with E-state index in [0.29, 0.717) is 19.5 Å². The molecule has 0 bridgehead atoms. The monoisotopic (exact) mass is 374 g/mol. The summed E-state index contributed by atoms with van der Waals surface area (Å²) in [5.41, 5.74) is 2.13. The molecule has 1 amide bonds. The highest BCUT2D eigenvalue weighted by atomic mass is 35.5. The molecule has 0 aliphatic carbocycles. The lowest BCUT2D eigenvalue weighted by Crippen LogP contribution is -2.34. The van der Waals surface area contributed by atoms with Gasteiger partial charge in [0.05, 0.1) is 20.1 Å². The van der Waals surface area contributed by atoms with Gasteiger partial charge in [-0.25, -0.2) is 0 Å². The second-order valence-electron chi connectivity index (χ2n) is 5.65. The topological polar surface area (TPSA) is 41.9 Å². The number of aliphatic imine (C=N–C) groups is 1. The first-order chi connectivity index (χ1) is 12.2. The molecule has 1 heterocycles. The molecule has 2 aromatic rings. The van der Waals surface area contributed by atoms with Gasteiger partial charge in [-0.2, -0.15) is 0 Å². The third kappa shape index (κ3) is 4.77. The van der Waals surface area contributed by atoms with Gasteiger partial charge in [0.2, 0.25) is 5.91 Å². The molecule has 3 rings (SSSR count). The van der Waals surface area contributed by atoms with Crippen molar-refractivity contribution in [1.29, 1.82) is 0 Å². The Morgan fingerprint density at radius 3 is 2.52 bits per heavy atom. The fourth-order valence-corrected chi connectivity index (χ4v) is 3.67. The molecule has 0 atom stereocenters. The third-order valence-electron chi connectivity index (χ3n) is 3.90. The van der Waals surface area contributed by atoms with Crippen LogP contribution in [0.2, 0.25) is 5.02 Å². The number of hydrogen-bond donors (Lipinski definition) is 0. The van der Waals surface area contributed by atoms with Gasteiger partial charge < -0.3 is 4.74 Å².